The third-order valence-corrected chi connectivity index (χ3v) is 5.63. The summed E-state index contributed by atoms with van der Waals surface area (Å²) in [5.41, 5.74) is 1.62. The van der Waals surface area contributed by atoms with Crippen LogP contribution in [0.15, 0.2) is 83.3 Å². The van der Waals surface area contributed by atoms with Gasteiger partial charge in [-0.05, 0) is 61.0 Å². The Morgan fingerprint density at radius 3 is 2.45 bits per heavy atom. The van der Waals surface area contributed by atoms with Crippen molar-refractivity contribution in [3.05, 3.63) is 94.5 Å². The zero-order chi connectivity index (χ0) is 22.4. The van der Waals surface area contributed by atoms with E-state index in [4.69, 9.17) is 15.8 Å². The molecule has 0 aliphatic carbocycles. The molecule has 0 atom stereocenters. The van der Waals surface area contributed by atoms with Crippen LogP contribution in [0.4, 0.5) is 5.69 Å². The molecule has 0 saturated heterocycles. The van der Waals surface area contributed by atoms with E-state index in [1.54, 1.807) is 48.5 Å². The van der Waals surface area contributed by atoms with Crippen molar-refractivity contribution in [1.29, 1.82) is 5.26 Å². The molecule has 0 heterocycles. The van der Waals surface area contributed by atoms with Crippen molar-refractivity contribution in [2.75, 3.05) is 5.32 Å². The van der Waals surface area contributed by atoms with E-state index < -0.39 is 16.0 Å². The smallest absolute Gasteiger partial charge is 0.339 e. The zero-order valence-corrected chi connectivity index (χ0v) is 17.9. The van der Waals surface area contributed by atoms with Crippen molar-refractivity contribution in [2.45, 2.75) is 11.8 Å². The molecule has 0 fully saturated rings. The van der Waals surface area contributed by atoms with E-state index in [1.807, 2.05) is 13.0 Å². The third-order valence-electron chi connectivity index (χ3n) is 4.13. The summed E-state index contributed by atoms with van der Waals surface area (Å²) >= 11 is 5.90. The van der Waals surface area contributed by atoms with Crippen LogP contribution in [-0.2, 0) is 14.9 Å². The van der Waals surface area contributed by atoms with Crippen LogP contribution < -0.4 is 9.50 Å². The lowest BCUT2D eigenvalue weighted by Crippen LogP contribution is -2.13. The minimum Gasteiger partial charge on any atom is -0.379 e. The average molecular weight is 453 g/mol. The largest absolute Gasteiger partial charge is 0.379 e. The van der Waals surface area contributed by atoms with Crippen LogP contribution in [0.3, 0.4) is 0 Å². The molecule has 3 aromatic rings. The second kappa shape index (κ2) is 9.47. The van der Waals surface area contributed by atoms with Gasteiger partial charge in [0.25, 0.3) is 5.91 Å². The topological polar surface area (TPSA) is 96.3 Å². The van der Waals surface area contributed by atoms with E-state index in [0.29, 0.717) is 16.3 Å². The Labute approximate surface area is 185 Å². The first-order valence-corrected chi connectivity index (χ1v) is 10.9. The maximum Gasteiger partial charge on any atom is 0.339 e. The first kappa shape index (κ1) is 22.1. The van der Waals surface area contributed by atoms with Gasteiger partial charge in [0.15, 0.2) is 0 Å². The quantitative estimate of drug-likeness (QED) is 0.324. The van der Waals surface area contributed by atoms with Gasteiger partial charge in [-0.15, -0.1) is 0 Å². The zero-order valence-electron chi connectivity index (χ0n) is 16.4. The minimum absolute atomic E-state index is 0.0256. The van der Waals surface area contributed by atoms with Crippen LogP contribution in [0.1, 0.15) is 11.1 Å². The van der Waals surface area contributed by atoms with E-state index in [1.165, 1.54) is 30.3 Å². The van der Waals surface area contributed by atoms with Gasteiger partial charge < -0.3 is 9.50 Å². The Hall–Kier alpha value is -3.60. The highest BCUT2D eigenvalue weighted by molar-refractivity contribution is 7.87. The molecular formula is C23H17ClN2O4S. The summed E-state index contributed by atoms with van der Waals surface area (Å²) in [6.45, 7) is 1.85. The Morgan fingerprint density at radius 2 is 1.77 bits per heavy atom. The molecule has 6 nitrogen and oxygen atoms in total. The normalized spacial score (nSPS) is 11.5. The summed E-state index contributed by atoms with van der Waals surface area (Å²) in [6, 6.07) is 20.7. The monoisotopic (exact) mass is 452 g/mol. The number of halogens is 1. The number of hydrogen-bond acceptors (Lipinski definition) is 5. The first-order chi connectivity index (χ1) is 14.8. The number of carbonyl (C=O) groups excluding carboxylic acids is 1. The second-order valence-electron chi connectivity index (χ2n) is 6.56. The van der Waals surface area contributed by atoms with Crippen LogP contribution in [-0.4, -0.2) is 14.3 Å². The molecular weight excluding hydrogens is 436 g/mol. The van der Waals surface area contributed by atoms with Gasteiger partial charge in [0, 0.05) is 10.7 Å². The lowest BCUT2D eigenvalue weighted by atomic mass is 10.1. The number of aryl methyl sites for hydroxylation is 1. The van der Waals surface area contributed by atoms with Crippen LogP contribution in [0, 0.1) is 18.3 Å². The summed E-state index contributed by atoms with van der Waals surface area (Å²) in [7, 11) is -4.02. The molecule has 156 valence electrons. The number of nitrogens with one attached hydrogen (secondary N) is 1. The molecule has 0 radical (unpaired) electrons. The van der Waals surface area contributed by atoms with Gasteiger partial charge in [-0.25, -0.2) is 0 Å². The van der Waals surface area contributed by atoms with Crippen molar-refractivity contribution >= 4 is 39.4 Å². The molecule has 0 aliphatic rings. The molecule has 0 spiro atoms. The standard InChI is InChI=1S/C23H17ClN2O4S/c1-16-8-10-22(11-9-16)31(28,29)30-21-7-2-4-17(13-21)12-18(15-25)23(27)26-20-6-3-5-19(24)14-20/h2-14H,1H3,(H,26,27)/b18-12+. The average Bonchev–Trinajstić information content (AvgIpc) is 2.72. The van der Waals surface area contributed by atoms with Crippen molar-refractivity contribution in [2.24, 2.45) is 0 Å². The molecule has 3 aromatic carbocycles. The van der Waals surface area contributed by atoms with Crippen molar-refractivity contribution < 1.29 is 17.4 Å². The molecule has 3 rings (SSSR count). The van der Waals surface area contributed by atoms with E-state index in [9.17, 15) is 18.5 Å². The number of anilines is 1. The van der Waals surface area contributed by atoms with Gasteiger partial charge in [0.05, 0.1) is 0 Å². The van der Waals surface area contributed by atoms with Gasteiger partial charge in [-0.3, -0.25) is 4.79 Å². The molecule has 0 aromatic heterocycles. The molecule has 8 heteroatoms. The number of benzene rings is 3. The van der Waals surface area contributed by atoms with Crippen LogP contribution >= 0.6 is 11.6 Å². The third kappa shape index (κ3) is 5.95. The molecule has 0 bridgehead atoms. The maximum absolute atomic E-state index is 12.5. The van der Waals surface area contributed by atoms with Gasteiger partial charge >= 0.3 is 10.1 Å². The number of nitrogens with zero attached hydrogens (tertiary/aromatic N) is 1. The molecule has 0 aliphatic heterocycles. The summed E-state index contributed by atoms with van der Waals surface area (Å²) in [5.74, 6) is -0.565. The predicted octanol–water partition coefficient (Wildman–Crippen LogP) is 4.96. The lowest BCUT2D eigenvalue weighted by Gasteiger charge is -2.08. The highest BCUT2D eigenvalue weighted by atomic mass is 35.5. The number of rotatable bonds is 6. The SMILES string of the molecule is Cc1ccc(S(=O)(=O)Oc2cccc(/C=C(\C#N)C(=O)Nc3cccc(Cl)c3)c2)cc1. The van der Waals surface area contributed by atoms with Crippen LogP contribution in [0.2, 0.25) is 5.02 Å². The summed E-state index contributed by atoms with van der Waals surface area (Å²) in [4.78, 5) is 12.4. The van der Waals surface area contributed by atoms with Gasteiger partial charge in [-0.2, -0.15) is 13.7 Å². The lowest BCUT2D eigenvalue weighted by molar-refractivity contribution is -0.112. The van der Waals surface area contributed by atoms with E-state index >= 15 is 0 Å². The van der Waals surface area contributed by atoms with Crippen molar-refractivity contribution in [3.8, 4) is 11.8 Å². The van der Waals surface area contributed by atoms with E-state index in [-0.39, 0.29) is 16.2 Å². The highest BCUT2D eigenvalue weighted by Gasteiger charge is 2.17. The first-order valence-electron chi connectivity index (χ1n) is 9.07. The number of amides is 1. The van der Waals surface area contributed by atoms with Gasteiger partial charge in [-0.1, -0.05) is 47.5 Å². The minimum atomic E-state index is -4.02. The van der Waals surface area contributed by atoms with Crippen LogP contribution in [0.25, 0.3) is 6.08 Å². The summed E-state index contributed by atoms with van der Waals surface area (Å²) in [5, 5.41) is 12.4. The van der Waals surface area contributed by atoms with E-state index in [2.05, 4.69) is 5.32 Å². The predicted molar refractivity (Wildman–Crippen MR) is 119 cm³/mol. The molecule has 1 amide bonds. The summed E-state index contributed by atoms with van der Waals surface area (Å²) in [6.07, 6.45) is 1.34. The van der Waals surface area contributed by atoms with E-state index in [0.717, 1.165) is 5.56 Å². The Balaban J connectivity index is 1.81. The maximum atomic E-state index is 12.5. The number of carbonyl (C=O) groups is 1. The molecule has 0 saturated carbocycles. The van der Waals surface area contributed by atoms with Crippen molar-refractivity contribution in [3.63, 3.8) is 0 Å². The van der Waals surface area contributed by atoms with Gasteiger partial charge in [0.2, 0.25) is 0 Å². The van der Waals surface area contributed by atoms with Crippen molar-refractivity contribution in [1.82, 2.24) is 0 Å². The fourth-order valence-electron chi connectivity index (χ4n) is 2.62. The Bertz CT molecular complexity index is 1290. The molecule has 0 unspecified atom stereocenters. The Kier molecular flexibility index (Phi) is 6.75. The molecule has 31 heavy (non-hydrogen) atoms. The number of hydrogen-bond donors (Lipinski definition) is 1. The number of nitriles is 1. The fourth-order valence-corrected chi connectivity index (χ4v) is 3.73. The summed E-state index contributed by atoms with van der Waals surface area (Å²) < 4.78 is 30.2. The van der Waals surface area contributed by atoms with Gasteiger partial charge in [0.1, 0.15) is 22.3 Å². The second-order valence-corrected chi connectivity index (χ2v) is 8.54. The Morgan fingerprint density at radius 1 is 1.06 bits per heavy atom. The molecule has 1 N–H and O–H groups in total. The fraction of sp³-hybridized carbons (Fsp3) is 0.0435. The highest BCUT2D eigenvalue weighted by Crippen LogP contribution is 2.22. The van der Waals surface area contributed by atoms with Crippen LogP contribution in [0.5, 0.6) is 5.75 Å².